The molecule has 0 N–H and O–H groups in total. The molecular weight excluding hydrogens is 230 g/mol. The fourth-order valence-electron chi connectivity index (χ4n) is 2.73. The van der Waals surface area contributed by atoms with Gasteiger partial charge in [0.2, 0.25) is 0 Å². The van der Waals surface area contributed by atoms with Crippen molar-refractivity contribution in [1.82, 2.24) is 4.98 Å². The average molecular weight is 245 g/mol. The number of oxazole rings is 1. The lowest BCUT2D eigenvalue weighted by Crippen LogP contribution is -2.23. The minimum absolute atomic E-state index is 0.158. The Labute approximate surface area is 105 Å². The summed E-state index contributed by atoms with van der Waals surface area (Å²) < 4.78 is 10.4. The largest absolute Gasteiger partial charge is 0.468 e. The Hall–Kier alpha value is -1.84. The van der Waals surface area contributed by atoms with E-state index in [-0.39, 0.29) is 5.97 Å². The van der Waals surface area contributed by atoms with Gasteiger partial charge in [0.05, 0.1) is 12.5 Å². The minimum atomic E-state index is -0.476. The van der Waals surface area contributed by atoms with Crippen molar-refractivity contribution in [3.8, 4) is 0 Å². The Morgan fingerprint density at radius 2 is 2.28 bits per heavy atom. The molecule has 0 aliphatic heterocycles. The van der Waals surface area contributed by atoms with Gasteiger partial charge in [-0.3, -0.25) is 4.79 Å². The Balaban J connectivity index is 2.11. The van der Waals surface area contributed by atoms with Crippen LogP contribution in [0.25, 0.3) is 11.1 Å². The van der Waals surface area contributed by atoms with E-state index < -0.39 is 5.41 Å². The second kappa shape index (κ2) is 3.57. The molecule has 4 nitrogen and oxygen atoms in total. The van der Waals surface area contributed by atoms with Crippen LogP contribution in [-0.4, -0.2) is 18.1 Å². The van der Waals surface area contributed by atoms with E-state index in [1.54, 1.807) is 0 Å². The van der Waals surface area contributed by atoms with Crippen LogP contribution >= 0.6 is 0 Å². The standard InChI is InChI=1S/C14H15NO3/c1-8-7-14(8,13(16)17-3)10-4-5-12-11(6-10)15-9(2)18-12/h4-6,8H,7H2,1-3H3. The first-order valence-corrected chi connectivity index (χ1v) is 6.04. The fourth-order valence-corrected chi connectivity index (χ4v) is 2.73. The highest BCUT2D eigenvalue weighted by atomic mass is 16.5. The maximum atomic E-state index is 12.0. The molecule has 0 spiro atoms. The third-order valence-corrected chi connectivity index (χ3v) is 3.87. The number of carbonyl (C=O) groups is 1. The normalized spacial score (nSPS) is 26.3. The Morgan fingerprint density at radius 3 is 2.89 bits per heavy atom. The third-order valence-electron chi connectivity index (χ3n) is 3.87. The molecule has 0 bridgehead atoms. The molecule has 2 unspecified atom stereocenters. The molecule has 1 aromatic carbocycles. The number of ether oxygens (including phenoxy) is 1. The summed E-state index contributed by atoms with van der Waals surface area (Å²) in [6.45, 7) is 3.88. The molecule has 1 aliphatic rings. The van der Waals surface area contributed by atoms with Crippen LogP contribution < -0.4 is 0 Å². The molecule has 0 amide bonds. The molecule has 2 atom stereocenters. The zero-order valence-electron chi connectivity index (χ0n) is 10.7. The number of fused-ring (bicyclic) bond motifs is 1. The highest BCUT2D eigenvalue weighted by Crippen LogP contribution is 2.55. The number of aryl methyl sites for hydroxylation is 1. The van der Waals surface area contributed by atoms with E-state index in [9.17, 15) is 4.79 Å². The average Bonchev–Trinajstić information content (AvgIpc) is 2.89. The first kappa shape index (κ1) is 11.3. The quantitative estimate of drug-likeness (QED) is 0.763. The van der Waals surface area contributed by atoms with Gasteiger partial charge in [0.25, 0.3) is 0 Å². The SMILES string of the molecule is COC(=O)C1(c2ccc3oc(C)nc3c2)CC1C. The van der Waals surface area contributed by atoms with Crippen LogP contribution in [0.4, 0.5) is 0 Å². The van der Waals surface area contributed by atoms with E-state index in [1.165, 1.54) is 7.11 Å². The van der Waals surface area contributed by atoms with Gasteiger partial charge in [-0.05, 0) is 30.0 Å². The second-order valence-electron chi connectivity index (χ2n) is 4.98. The predicted molar refractivity (Wildman–Crippen MR) is 66.2 cm³/mol. The first-order chi connectivity index (χ1) is 8.57. The fraction of sp³-hybridized carbons (Fsp3) is 0.429. The van der Waals surface area contributed by atoms with Gasteiger partial charge in [0.15, 0.2) is 11.5 Å². The summed E-state index contributed by atoms with van der Waals surface area (Å²) in [7, 11) is 1.44. The molecule has 1 fully saturated rings. The van der Waals surface area contributed by atoms with E-state index in [0.717, 1.165) is 23.1 Å². The van der Waals surface area contributed by atoms with E-state index >= 15 is 0 Å². The Morgan fingerprint density at radius 1 is 1.56 bits per heavy atom. The molecule has 4 heteroatoms. The Bertz CT molecular complexity index is 631. The van der Waals surface area contributed by atoms with Gasteiger partial charge in [-0.15, -0.1) is 0 Å². The lowest BCUT2D eigenvalue weighted by atomic mass is 9.93. The van der Waals surface area contributed by atoms with Crippen molar-refractivity contribution < 1.29 is 13.9 Å². The smallest absolute Gasteiger partial charge is 0.316 e. The number of aromatic nitrogens is 1. The molecule has 1 saturated carbocycles. The highest BCUT2D eigenvalue weighted by Gasteiger charge is 2.59. The van der Waals surface area contributed by atoms with Crippen LogP contribution in [0, 0.1) is 12.8 Å². The zero-order chi connectivity index (χ0) is 12.9. The summed E-state index contributed by atoms with van der Waals surface area (Å²) in [6.07, 6.45) is 0.835. The third kappa shape index (κ3) is 1.38. The van der Waals surface area contributed by atoms with Crippen LogP contribution in [0.5, 0.6) is 0 Å². The maximum Gasteiger partial charge on any atom is 0.316 e. The summed E-state index contributed by atoms with van der Waals surface area (Å²) in [6, 6.07) is 5.75. The van der Waals surface area contributed by atoms with Crippen LogP contribution in [0.15, 0.2) is 22.6 Å². The number of methoxy groups -OCH3 is 1. The molecular formula is C14H15NO3. The number of hydrogen-bond donors (Lipinski definition) is 0. The van der Waals surface area contributed by atoms with Crippen molar-refractivity contribution in [2.75, 3.05) is 7.11 Å². The van der Waals surface area contributed by atoms with E-state index in [2.05, 4.69) is 11.9 Å². The van der Waals surface area contributed by atoms with E-state index in [1.807, 2.05) is 25.1 Å². The molecule has 0 saturated heterocycles. The van der Waals surface area contributed by atoms with Gasteiger partial charge < -0.3 is 9.15 Å². The molecule has 1 heterocycles. The van der Waals surface area contributed by atoms with E-state index in [0.29, 0.717) is 11.8 Å². The number of nitrogens with zero attached hydrogens (tertiary/aromatic N) is 1. The van der Waals surface area contributed by atoms with Crippen molar-refractivity contribution in [2.45, 2.75) is 25.7 Å². The molecule has 3 rings (SSSR count). The number of carbonyl (C=O) groups excluding carboxylic acids is 1. The van der Waals surface area contributed by atoms with Gasteiger partial charge in [0.1, 0.15) is 5.52 Å². The van der Waals surface area contributed by atoms with Crippen molar-refractivity contribution in [2.24, 2.45) is 5.92 Å². The number of esters is 1. The lowest BCUT2D eigenvalue weighted by molar-refractivity contribution is -0.144. The summed E-state index contributed by atoms with van der Waals surface area (Å²) in [5.41, 5.74) is 2.05. The van der Waals surface area contributed by atoms with Crippen molar-refractivity contribution in [3.63, 3.8) is 0 Å². The molecule has 18 heavy (non-hydrogen) atoms. The van der Waals surface area contributed by atoms with Gasteiger partial charge in [-0.25, -0.2) is 4.98 Å². The molecule has 0 radical (unpaired) electrons. The number of rotatable bonds is 2. The molecule has 1 aliphatic carbocycles. The van der Waals surface area contributed by atoms with Crippen molar-refractivity contribution >= 4 is 17.1 Å². The number of hydrogen-bond acceptors (Lipinski definition) is 4. The van der Waals surface area contributed by atoms with Crippen molar-refractivity contribution in [1.29, 1.82) is 0 Å². The van der Waals surface area contributed by atoms with Crippen LogP contribution in [0.3, 0.4) is 0 Å². The topological polar surface area (TPSA) is 52.3 Å². The minimum Gasteiger partial charge on any atom is -0.468 e. The summed E-state index contributed by atoms with van der Waals surface area (Å²) in [5.74, 6) is 0.795. The van der Waals surface area contributed by atoms with Crippen LogP contribution in [0.1, 0.15) is 24.8 Å². The van der Waals surface area contributed by atoms with E-state index in [4.69, 9.17) is 9.15 Å². The zero-order valence-corrected chi connectivity index (χ0v) is 10.7. The monoisotopic (exact) mass is 245 g/mol. The van der Waals surface area contributed by atoms with Gasteiger partial charge in [-0.1, -0.05) is 13.0 Å². The van der Waals surface area contributed by atoms with Gasteiger partial charge in [0, 0.05) is 6.92 Å². The second-order valence-corrected chi connectivity index (χ2v) is 4.98. The summed E-state index contributed by atoms with van der Waals surface area (Å²) >= 11 is 0. The predicted octanol–water partition coefficient (Wildman–Crippen LogP) is 2.59. The van der Waals surface area contributed by atoms with Gasteiger partial charge >= 0.3 is 5.97 Å². The first-order valence-electron chi connectivity index (χ1n) is 6.04. The maximum absolute atomic E-state index is 12.0. The Kier molecular flexibility index (Phi) is 2.24. The van der Waals surface area contributed by atoms with Gasteiger partial charge in [-0.2, -0.15) is 0 Å². The molecule has 2 aromatic rings. The van der Waals surface area contributed by atoms with Crippen molar-refractivity contribution in [3.05, 3.63) is 29.7 Å². The van der Waals surface area contributed by atoms with Crippen LogP contribution in [0.2, 0.25) is 0 Å². The molecule has 94 valence electrons. The highest BCUT2D eigenvalue weighted by molar-refractivity contribution is 5.89. The lowest BCUT2D eigenvalue weighted by Gasteiger charge is -2.14. The molecule has 1 aromatic heterocycles. The summed E-state index contributed by atoms with van der Waals surface area (Å²) in [5, 5.41) is 0. The summed E-state index contributed by atoms with van der Waals surface area (Å²) in [4.78, 5) is 16.3. The van der Waals surface area contributed by atoms with Crippen LogP contribution in [-0.2, 0) is 14.9 Å². The number of benzene rings is 1.